The number of nitrogens with zero attached hydrogens (tertiary/aromatic N) is 2. The summed E-state index contributed by atoms with van der Waals surface area (Å²) in [4.78, 5) is 19.6. The molecule has 3 aromatic carbocycles. The van der Waals surface area contributed by atoms with Gasteiger partial charge in [-0.3, -0.25) is 9.69 Å². The molecule has 1 amide bonds. The number of anilines is 1. The Morgan fingerprint density at radius 1 is 0.926 bits per heavy atom. The molecule has 132 valence electrons. The predicted molar refractivity (Wildman–Crippen MR) is 111 cm³/mol. The lowest BCUT2D eigenvalue weighted by atomic mass is 10.1. The summed E-state index contributed by atoms with van der Waals surface area (Å²) in [6.07, 6.45) is 1.81. The van der Waals surface area contributed by atoms with Crippen LogP contribution in [0.4, 0.5) is 5.69 Å². The normalized spacial score (nSPS) is 15.3. The third kappa shape index (κ3) is 3.42. The molecule has 1 heterocycles. The van der Waals surface area contributed by atoms with Gasteiger partial charge in [0.25, 0.3) is 5.91 Å². The molecule has 0 saturated heterocycles. The predicted octanol–water partition coefficient (Wildman–Crippen LogP) is 5.48. The van der Waals surface area contributed by atoms with Gasteiger partial charge in [0, 0.05) is 10.6 Å². The number of aryl methyl sites for hydroxylation is 1. The van der Waals surface area contributed by atoms with Crippen molar-refractivity contribution < 1.29 is 4.79 Å². The zero-order valence-electron chi connectivity index (χ0n) is 14.8. The van der Waals surface area contributed by atoms with Crippen molar-refractivity contribution >= 4 is 35.1 Å². The number of hydrogen-bond acceptors (Lipinski definition) is 2. The Morgan fingerprint density at radius 2 is 1.59 bits per heavy atom. The maximum atomic E-state index is 13.3. The molecule has 27 heavy (non-hydrogen) atoms. The molecule has 0 bridgehead atoms. The van der Waals surface area contributed by atoms with Crippen LogP contribution >= 0.6 is 11.6 Å². The molecular weight excluding hydrogens is 356 g/mol. The van der Waals surface area contributed by atoms with Crippen molar-refractivity contribution in [1.29, 1.82) is 0 Å². The first-order valence-corrected chi connectivity index (χ1v) is 9.03. The van der Waals surface area contributed by atoms with E-state index >= 15 is 0 Å². The smallest absolute Gasteiger partial charge is 0.266 e. The lowest BCUT2D eigenvalue weighted by Gasteiger charge is -2.21. The maximum Gasteiger partial charge on any atom is 0.282 e. The van der Waals surface area contributed by atoms with Crippen molar-refractivity contribution in [3.63, 3.8) is 0 Å². The monoisotopic (exact) mass is 372 g/mol. The van der Waals surface area contributed by atoms with Gasteiger partial charge >= 0.3 is 0 Å². The van der Waals surface area contributed by atoms with Crippen molar-refractivity contribution in [2.24, 2.45) is 4.99 Å². The fourth-order valence-electron chi connectivity index (χ4n) is 3.05. The van der Waals surface area contributed by atoms with Crippen molar-refractivity contribution in [3.05, 3.63) is 106 Å². The van der Waals surface area contributed by atoms with E-state index in [2.05, 4.69) is 4.99 Å². The molecule has 1 aliphatic rings. The molecule has 1 aliphatic heterocycles. The Morgan fingerprint density at radius 3 is 2.30 bits per heavy atom. The van der Waals surface area contributed by atoms with Gasteiger partial charge in [0.2, 0.25) is 0 Å². The number of aliphatic imine (C=N–C) groups is 1. The molecule has 0 saturated carbocycles. The summed E-state index contributed by atoms with van der Waals surface area (Å²) in [6, 6.07) is 25.0. The summed E-state index contributed by atoms with van der Waals surface area (Å²) in [5, 5.41) is 0.580. The van der Waals surface area contributed by atoms with Gasteiger partial charge < -0.3 is 0 Å². The van der Waals surface area contributed by atoms with Crippen molar-refractivity contribution in [3.8, 4) is 0 Å². The zero-order valence-corrected chi connectivity index (χ0v) is 15.5. The van der Waals surface area contributed by atoms with Gasteiger partial charge in [-0.1, -0.05) is 78.3 Å². The number of halogens is 1. The number of amides is 1. The van der Waals surface area contributed by atoms with Crippen molar-refractivity contribution in [1.82, 2.24) is 0 Å². The van der Waals surface area contributed by atoms with Crippen LogP contribution in [0.3, 0.4) is 0 Å². The third-order valence-corrected chi connectivity index (χ3v) is 4.64. The lowest BCUT2D eigenvalue weighted by molar-refractivity contribution is -0.113. The molecule has 0 aliphatic carbocycles. The van der Waals surface area contributed by atoms with Crippen LogP contribution in [-0.2, 0) is 4.79 Å². The van der Waals surface area contributed by atoms with E-state index in [1.807, 2.05) is 85.8 Å². The Bertz CT molecular complexity index is 1060. The first-order chi connectivity index (χ1) is 13.1. The molecular formula is C23H17ClN2O. The van der Waals surface area contributed by atoms with Gasteiger partial charge in [-0.25, -0.2) is 4.99 Å². The number of carbonyl (C=O) groups is 1. The van der Waals surface area contributed by atoms with E-state index < -0.39 is 0 Å². The van der Waals surface area contributed by atoms with Crippen LogP contribution in [0.15, 0.2) is 89.6 Å². The quantitative estimate of drug-likeness (QED) is 0.560. The second-order valence-corrected chi connectivity index (χ2v) is 6.75. The third-order valence-electron chi connectivity index (χ3n) is 4.41. The molecule has 3 nitrogen and oxygen atoms in total. The Hall–Kier alpha value is -3.17. The van der Waals surface area contributed by atoms with Gasteiger partial charge in [-0.05, 0) is 36.3 Å². The van der Waals surface area contributed by atoms with Gasteiger partial charge in [0.15, 0.2) is 0 Å². The zero-order chi connectivity index (χ0) is 18.8. The minimum atomic E-state index is -0.164. The highest BCUT2D eigenvalue weighted by Crippen LogP contribution is 2.32. The highest BCUT2D eigenvalue weighted by Gasteiger charge is 2.33. The molecule has 0 N–H and O–H groups in total. The number of amidine groups is 1. The minimum Gasteiger partial charge on any atom is -0.266 e. The summed E-state index contributed by atoms with van der Waals surface area (Å²) in [5.41, 5.74) is 3.91. The van der Waals surface area contributed by atoms with Crippen molar-refractivity contribution in [2.75, 3.05) is 4.90 Å². The summed E-state index contributed by atoms with van der Waals surface area (Å²) in [5.74, 6) is 0.441. The topological polar surface area (TPSA) is 32.7 Å². The second kappa shape index (κ2) is 7.22. The molecule has 0 atom stereocenters. The number of rotatable bonds is 3. The van der Waals surface area contributed by atoms with E-state index in [-0.39, 0.29) is 5.91 Å². The Kier molecular flexibility index (Phi) is 4.61. The molecule has 0 spiro atoms. The van der Waals surface area contributed by atoms with E-state index in [0.29, 0.717) is 16.6 Å². The van der Waals surface area contributed by atoms with Gasteiger partial charge in [-0.15, -0.1) is 0 Å². The van der Waals surface area contributed by atoms with Crippen LogP contribution in [0.2, 0.25) is 5.02 Å². The first-order valence-electron chi connectivity index (χ1n) is 8.65. The highest BCUT2D eigenvalue weighted by molar-refractivity contribution is 6.35. The average molecular weight is 373 g/mol. The average Bonchev–Trinajstić information content (AvgIpc) is 3.01. The fourth-order valence-corrected chi connectivity index (χ4v) is 3.22. The van der Waals surface area contributed by atoms with Crippen LogP contribution in [0, 0.1) is 6.92 Å². The van der Waals surface area contributed by atoms with E-state index in [1.54, 1.807) is 11.0 Å². The van der Waals surface area contributed by atoms with Crippen LogP contribution < -0.4 is 4.90 Å². The van der Waals surface area contributed by atoms with Gasteiger partial charge in [0.05, 0.1) is 5.69 Å². The number of carbonyl (C=O) groups excluding carboxylic acids is 1. The van der Waals surface area contributed by atoms with Crippen LogP contribution in [0.25, 0.3) is 6.08 Å². The SMILES string of the molecule is Cc1ccc(Cl)cc1N1C(=O)C(=Cc2ccccc2)N=C1c1ccccc1. The summed E-state index contributed by atoms with van der Waals surface area (Å²) in [6.45, 7) is 1.96. The maximum absolute atomic E-state index is 13.3. The van der Waals surface area contributed by atoms with Crippen LogP contribution in [-0.4, -0.2) is 11.7 Å². The van der Waals surface area contributed by atoms with Crippen molar-refractivity contribution in [2.45, 2.75) is 6.92 Å². The summed E-state index contributed by atoms with van der Waals surface area (Å²) in [7, 11) is 0. The molecule has 0 fully saturated rings. The highest BCUT2D eigenvalue weighted by atomic mass is 35.5. The van der Waals surface area contributed by atoms with E-state index in [4.69, 9.17) is 11.6 Å². The second-order valence-electron chi connectivity index (χ2n) is 6.31. The lowest BCUT2D eigenvalue weighted by Crippen LogP contribution is -2.33. The summed E-state index contributed by atoms with van der Waals surface area (Å²) >= 11 is 6.21. The van der Waals surface area contributed by atoms with Crippen LogP contribution in [0.1, 0.15) is 16.7 Å². The molecule has 0 unspecified atom stereocenters. The molecule has 0 aromatic heterocycles. The molecule has 4 heteroatoms. The first kappa shape index (κ1) is 17.3. The van der Waals surface area contributed by atoms with Gasteiger partial charge in [0.1, 0.15) is 11.5 Å². The van der Waals surface area contributed by atoms with Gasteiger partial charge in [-0.2, -0.15) is 0 Å². The largest absolute Gasteiger partial charge is 0.282 e. The standard InChI is InChI=1S/C23H17ClN2O/c1-16-12-13-19(24)15-21(16)26-22(18-10-6-3-7-11-18)25-20(23(26)27)14-17-8-4-2-5-9-17/h2-15H,1H3. The van der Waals surface area contributed by atoms with E-state index in [1.165, 1.54) is 0 Å². The number of benzene rings is 3. The number of hydrogen-bond donors (Lipinski definition) is 0. The Balaban J connectivity index is 1.87. The Labute approximate surface area is 163 Å². The molecule has 3 aromatic rings. The molecule has 4 rings (SSSR count). The van der Waals surface area contributed by atoms with E-state index in [9.17, 15) is 4.79 Å². The van der Waals surface area contributed by atoms with Crippen LogP contribution in [0.5, 0.6) is 0 Å². The van der Waals surface area contributed by atoms with E-state index in [0.717, 1.165) is 22.4 Å². The summed E-state index contributed by atoms with van der Waals surface area (Å²) < 4.78 is 0. The molecule has 0 radical (unpaired) electrons. The fraction of sp³-hybridized carbons (Fsp3) is 0.0435. The minimum absolute atomic E-state index is 0.164.